The molecule has 2 amide bonds. The summed E-state index contributed by atoms with van der Waals surface area (Å²) in [5.41, 5.74) is -2.79. The fraction of sp³-hybridized carbons (Fsp3) is 0.571. The van der Waals surface area contributed by atoms with Crippen LogP contribution < -0.4 is 14.8 Å². The molecule has 1 aliphatic carbocycles. The molecule has 2 fully saturated rings. The molecule has 18 heteroatoms. The maximum absolute atomic E-state index is 13.2. The molecule has 0 spiro atoms. The first kappa shape index (κ1) is 40.1. The lowest BCUT2D eigenvalue weighted by Gasteiger charge is -2.37. The van der Waals surface area contributed by atoms with Gasteiger partial charge in [0.25, 0.3) is 15.9 Å². The molecule has 1 aliphatic heterocycles. The SMILES string of the molecule is CC(C)(C)OC(=O)N1C(CCCCNc2cccc(S(=O)(=O)NC(=O)c3ccc(-n4ccc(OCCC5(C(F)(F)F)CC5)n4)nc3Cl)n2)CCC1(C)C. The Morgan fingerprint density at radius 2 is 1.77 bits per heavy atom. The molecule has 3 aromatic heterocycles. The number of sulfonamides is 1. The third kappa shape index (κ3) is 9.90. The number of hydrogen-bond acceptors (Lipinski definition) is 10. The van der Waals surface area contributed by atoms with Crippen molar-refractivity contribution in [3.63, 3.8) is 0 Å². The van der Waals surface area contributed by atoms with E-state index < -0.39 is 33.1 Å². The van der Waals surface area contributed by atoms with E-state index in [0.29, 0.717) is 12.4 Å². The van der Waals surface area contributed by atoms with Gasteiger partial charge in [-0.25, -0.2) is 24.2 Å². The molecule has 53 heavy (non-hydrogen) atoms. The predicted molar refractivity (Wildman–Crippen MR) is 191 cm³/mol. The van der Waals surface area contributed by atoms with Gasteiger partial charge in [-0.05, 0) is 110 Å². The lowest BCUT2D eigenvalue weighted by atomic mass is 10.0. The van der Waals surface area contributed by atoms with Gasteiger partial charge >= 0.3 is 12.3 Å². The Hall–Kier alpha value is -4.12. The Labute approximate surface area is 312 Å². The van der Waals surface area contributed by atoms with Crippen LogP contribution in [0.3, 0.4) is 0 Å². The first-order chi connectivity index (χ1) is 24.7. The number of carbonyl (C=O) groups excluding carboxylic acids is 2. The largest absolute Gasteiger partial charge is 0.477 e. The zero-order valence-corrected chi connectivity index (χ0v) is 31.9. The Kier molecular flexibility index (Phi) is 11.6. The smallest absolute Gasteiger partial charge is 0.410 e. The molecule has 1 saturated heterocycles. The number of alkyl halides is 3. The molecule has 4 heterocycles. The van der Waals surface area contributed by atoms with Crippen molar-refractivity contribution in [3.8, 4) is 11.7 Å². The lowest BCUT2D eigenvalue weighted by Crippen LogP contribution is -2.49. The first-order valence-corrected chi connectivity index (χ1v) is 19.3. The highest BCUT2D eigenvalue weighted by molar-refractivity contribution is 7.90. The number of nitrogens with zero attached hydrogens (tertiary/aromatic N) is 5. The monoisotopic (exact) mass is 783 g/mol. The van der Waals surface area contributed by atoms with Gasteiger partial charge in [-0.15, -0.1) is 5.10 Å². The van der Waals surface area contributed by atoms with Gasteiger partial charge in [-0.1, -0.05) is 17.7 Å². The minimum Gasteiger partial charge on any atom is -0.477 e. The van der Waals surface area contributed by atoms with Crippen LogP contribution in [-0.2, 0) is 14.8 Å². The second kappa shape index (κ2) is 15.3. The number of likely N-dealkylation sites (tertiary alicyclic amines) is 1. The maximum Gasteiger partial charge on any atom is 0.410 e. The molecular formula is C35H45ClF3N7O6S. The fourth-order valence-corrected chi connectivity index (χ4v) is 7.44. The number of pyridine rings is 2. The average molecular weight is 784 g/mol. The standard InChI is InChI=1S/C35H45ClF3N7O6S/c1-32(2,3)52-31(48)46-23(14-16-33(46,4)5)9-6-7-20-40-25-10-8-11-28(41-25)53(49,50)44-30(47)24-12-13-26(42-29(24)36)45-21-15-27(43-45)51-22-19-34(17-18-34)35(37,38)39/h8,10-13,15,21,23H,6-7,9,14,16-20,22H2,1-5H3,(H,40,41)(H,44,47). The van der Waals surface area contributed by atoms with Gasteiger partial charge in [-0.3, -0.25) is 4.79 Å². The van der Waals surface area contributed by atoms with E-state index in [4.69, 9.17) is 21.1 Å². The Bertz CT molecular complexity index is 1910. The van der Waals surface area contributed by atoms with Gasteiger partial charge in [0.15, 0.2) is 10.8 Å². The molecule has 0 bridgehead atoms. The van der Waals surface area contributed by atoms with Crippen molar-refractivity contribution in [2.24, 2.45) is 5.41 Å². The van der Waals surface area contributed by atoms with Gasteiger partial charge in [0, 0.05) is 30.4 Å². The molecule has 1 atom stereocenters. The highest BCUT2D eigenvalue weighted by Crippen LogP contribution is 2.59. The van der Waals surface area contributed by atoms with Crippen LogP contribution in [0.25, 0.3) is 5.82 Å². The van der Waals surface area contributed by atoms with Crippen LogP contribution in [0.2, 0.25) is 5.15 Å². The summed E-state index contributed by atoms with van der Waals surface area (Å²) in [6.45, 7) is 9.98. The van der Waals surface area contributed by atoms with E-state index in [0.717, 1.165) is 32.1 Å². The predicted octanol–water partition coefficient (Wildman–Crippen LogP) is 7.31. The Morgan fingerprint density at radius 1 is 1.04 bits per heavy atom. The van der Waals surface area contributed by atoms with Gasteiger partial charge in [0.05, 0.1) is 17.6 Å². The quantitative estimate of drug-likeness (QED) is 0.126. The molecule has 0 aromatic carbocycles. The normalized spacial score (nSPS) is 18.1. The maximum atomic E-state index is 13.2. The van der Waals surface area contributed by atoms with Gasteiger partial charge in [0.2, 0.25) is 5.88 Å². The van der Waals surface area contributed by atoms with Gasteiger partial charge < -0.3 is 19.7 Å². The number of anilines is 1. The van der Waals surface area contributed by atoms with E-state index in [1.807, 2.05) is 44.2 Å². The number of carbonyl (C=O) groups is 2. The Balaban J connectivity index is 1.11. The van der Waals surface area contributed by atoms with Crippen LogP contribution in [0.5, 0.6) is 5.88 Å². The van der Waals surface area contributed by atoms with E-state index in [-0.39, 0.29) is 71.0 Å². The van der Waals surface area contributed by atoms with Crippen molar-refractivity contribution in [2.45, 2.75) is 114 Å². The molecule has 290 valence electrons. The number of ether oxygens (including phenoxy) is 2. The van der Waals surface area contributed by atoms with Crippen LogP contribution in [0, 0.1) is 5.41 Å². The molecule has 2 N–H and O–H groups in total. The van der Waals surface area contributed by atoms with Crippen molar-refractivity contribution >= 4 is 39.4 Å². The summed E-state index contributed by atoms with van der Waals surface area (Å²) in [7, 11) is -4.41. The Morgan fingerprint density at radius 3 is 2.43 bits per heavy atom. The van der Waals surface area contributed by atoms with Crippen molar-refractivity contribution in [3.05, 3.63) is 53.3 Å². The molecule has 3 aromatic rings. The van der Waals surface area contributed by atoms with Crippen LogP contribution in [0.4, 0.5) is 23.8 Å². The molecule has 0 radical (unpaired) electrons. The van der Waals surface area contributed by atoms with Crippen molar-refractivity contribution in [2.75, 3.05) is 18.5 Å². The second-order valence-corrected chi connectivity index (χ2v) is 17.0. The number of rotatable bonds is 14. The van der Waals surface area contributed by atoms with Crippen LogP contribution in [-0.4, -0.2) is 81.6 Å². The van der Waals surface area contributed by atoms with E-state index >= 15 is 0 Å². The van der Waals surface area contributed by atoms with Crippen molar-refractivity contribution in [1.82, 2.24) is 29.4 Å². The molecule has 13 nitrogen and oxygen atoms in total. The number of amides is 2. The zero-order chi connectivity index (χ0) is 38.8. The molecule has 1 saturated carbocycles. The zero-order valence-electron chi connectivity index (χ0n) is 30.3. The minimum atomic E-state index is -4.41. The summed E-state index contributed by atoms with van der Waals surface area (Å²) in [5, 5.41) is 6.57. The summed E-state index contributed by atoms with van der Waals surface area (Å²) < 4.78 is 80.0. The molecular weight excluding hydrogens is 739 g/mol. The minimum absolute atomic E-state index is 0.0648. The highest BCUT2D eigenvalue weighted by Gasteiger charge is 2.62. The number of halogens is 4. The number of aromatic nitrogens is 4. The average Bonchev–Trinajstić information content (AvgIpc) is 3.60. The third-order valence-electron chi connectivity index (χ3n) is 9.36. The molecule has 2 aliphatic rings. The van der Waals surface area contributed by atoms with E-state index in [1.165, 1.54) is 41.2 Å². The van der Waals surface area contributed by atoms with E-state index in [1.54, 1.807) is 6.07 Å². The third-order valence-corrected chi connectivity index (χ3v) is 10.9. The van der Waals surface area contributed by atoms with Crippen LogP contribution in [0.15, 0.2) is 47.6 Å². The topological polar surface area (TPSA) is 158 Å². The van der Waals surface area contributed by atoms with Gasteiger partial charge in [0.1, 0.15) is 16.6 Å². The first-order valence-electron chi connectivity index (χ1n) is 17.4. The van der Waals surface area contributed by atoms with E-state index in [2.05, 4.69) is 20.4 Å². The summed E-state index contributed by atoms with van der Waals surface area (Å²) in [6.07, 6.45) is 0.992. The fourth-order valence-electron chi connectivity index (χ4n) is 6.27. The summed E-state index contributed by atoms with van der Waals surface area (Å²) in [6, 6.07) is 8.52. The lowest BCUT2D eigenvalue weighted by molar-refractivity contribution is -0.190. The molecule has 5 rings (SSSR count). The summed E-state index contributed by atoms with van der Waals surface area (Å²) in [5.74, 6) is -0.492. The number of unbranched alkanes of at least 4 members (excludes halogenated alkanes) is 1. The number of nitrogens with one attached hydrogen (secondary N) is 2. The van der Waals surface area contributed by atoms with Crippen LogP contribution in [0.1, 0.15) is 96.3 Å². The van der Waals surface area contributed by atoms with Crippen molar-refractivity contribution < 1.29 is 40.7 Å². The number of hydrogen-bond donors (Lipinski definition) is 2. The van der Waals surface area contributed by atoms with Crippen molar-refractivity contribution in [1.29, 1.82) is 0 Å². The summed E-state index contributed by atoms with van der Waals surface area (Å²) >= 11 is 6.25. The second-order valence-electron chi connectivity index (χ2n) is 15.1. The highest BCUT2D eigenvalue weighted by atomic mass is 35.5. The summed E-state index contributed by atoms with van der Waals surface area (Å²) in [4.78, 5) is 36.1. The van der Waals surface area contributed by atoms with Gasteiger partial charge in [-0.2, -0.15) is 21.6 Å². The molecule has 1 unspecified atom stereocenters. The van der Waals surface area contributed by atoms with Crippen LogP contribution >= 0.6 is 11.6 Å². The van der Waals surface area contributed by atoms with E-state index in [9.17, 15) is 31.2 Å².